The van der Waals surface area contributed by atoms with Gasteiger partial charge in [-0.1, -0.05) is 26.2 Å². The van der Waals surface area contributed by atoms with Gasteiger partial charge in [-0.2, -0.15) is 0 Å². The lowest BCUT2D eigenvalue weighted by Crippen LogP contribution is -2.09. The second-order valence-corrected chi connectivity index (χ2v) is 3.88. The van der Waals surface area contributed by atoms with Gasteiger partial charge < -0.3 is 15.2 Å². The summed E-state index contributed by atoms with van der Waals surface area (Å²) >= 11 is 3.22. The van der Waals surface area contributed by atoms with Crippen LogP contribution in [-0.2, 0) is 4.79 Å². The highest BCUT2D eigenvalue weighted by Gasteiger charge is 2.12. The fraction of sp³-hybridized carbons (Fsp3) is 0.100. The zero-order chi connectivity index (χ0) is 12.8. The molecular weight excluding hydrogens is 292 g/mol. The lowest BCUT2D eigenvalue weighted by atomic mass is 10.1. The van der Waals surface area contributed by atoms with E-state index in [4.69, 9.17) is 15.2 Å². The zero-order valence-electron chi connectivity index (χ0n) is 8.79. The van der Waals surface area contributed by atoms with Crippen LogP contribution in [0.2, 0.25) is 0 Å². The first-order valence-electron chi connectivity index (χ1n) is 4.46. The number of nitrogens with zero attached hydrogens (tertiary/aromatic N) is 2. The number of halogens is 1. The van der Waals surface area contributed by atoms with Gasteiger partial charge in [0.1, 0.15) is 11.5 Å². The smallest absolute Gasteiger partial charge is 0.308 e. The van der Waals surface area contributed by atoms with Gasteiger partial charge in [-0.15, -0.1) is 0 Å². The van der Waals surface area contributed by atoms with Crippen molar-refractivity contribution in [2.24, 2.45) is 10.3 Å². The molecule has 0 aromatic heterocycles. The van der Waals surface area contributed by atoms with E-state index in [2.05, 4.69) is 26.2 Å². The van der Waals surface area contributed by atoms with E-state index in [1.807, 2.05) is 0 Å². The molecular formula is C10H9BrN2O4. The van der Waals surface area contributed by atoms with Crippen molar-refractivity contribution in [1.29, 1.82) is 0 Å². The number of benzene rings is 1. The van der Waals surface area contributed by atoms with Crippen LogP contribution in [0.5, 0.6) is 5.75 Å². The van der Waals surface area contributed by atoms with Crippen molar-refractivity contribution in [3.63, 3.8) is 0 Å². The van der Waals surface area contributed by atoms with Crippen LogP contribution in [0.4, 0.5) is 0 Å². The summed E-state index contributed by atoms with van der Waals surface area (Å²) in [4.78, 5) is 10.9. The average molecular weight is 301 g/mol. The predicted octanol–water partition coefficient (Wildman–Crippen LogP) is 2.01. The van der Waals surface area contributed by atoms with E-state index in [9.17, 15) is 4.79 Å². The summed E-state index contributed by atoms with van der Waals surface area (Å²) in [6.45, 7) is 1.25. The monoisotopic (exact) mass is 300 g/mol. The number of hydrogen-bond acceptors (Lipinski definition) is 6. The minimum absolute atomic E-state index is 0.0312. The van der Waals surface area contributed by atoms with Crippen molar-refractivity contribution in [2.45, 2.75) is 6.92 Å². The molecule has 17 heavy (non-hydrogen) atoms. The highest BCUT2D eigenvalue weighted by atomic mass is 79.9. The third kappa shape index (κ3) is 3.56. The highest BCUT2D eigenvalue weighted by Crippen LogP contribution is 2.24. The molecule has 7 heteroatoms. The molecule has 0 unspecified atom stereocenters. The molecule has 0 amide bonds. The number of rotatable bonds is 3. The molecule has 2 N–H and O–H groups in total. The van der Waals surface area contributed by atoms with Gasteiger partial charge in [0.05, 0.1) is 6.21 Å². The number of carbonyl (C=O) groups excluding carboxylic acids is 1. The summed E-state index contributed by atoms with van der Waals surface area (Å²) in [6.07, 6.45) is 0.927. The molecule has 0 heterocycles. The van der Waals surface area contributed by atoms with Crippen molar-refractivity contribution in [3.05, 3.63) is 28.2 Å². The first-order valence-corrected chi connectivity index (χ1v) is 5.25. The second-order valence-electron chi connectivity index (χ2n) is 2.96. The Labute approximate surface area is 105 Å². The molecule has 1 rings (SSSR count). The van der Waals surface area contributed by atoms with Gasteiger partial charge in [-0.3, -0.25) is 4.79 Å². The molecule has 0 aliphatic rings. The maximum atomic E-state index is 10.9. The Morgan fingerprint density at radius 1 is 1.47 bits per heavy atom. The molecule has 1 aromatic carbocycles. The van der Waals surface area contributed by atoms with E-state index >= 15 is 0 Å². The number of ether oxygens (including phenoxy) is 1. The fourth-order valence-electron chi connectivity index (χ4n) is 1.15. The minimum Gasteiger partial charge on any atom is -0.426 e. The van der Waals surface area contributed by atoms with Crippen LogP contribution in [0.3, 0.4) is 0 Å². The summed E-state index contributed by atoms with van der Waals surface area (Å²) in [6, 6.07) is 4.75. The fourth-order valence-corrected chi connectivity index (χ4v) is 1.49. The van der Waals surface area contributed by atoms with Crippen molar-refractivity contribution < 1.29 is 19.9 Å². The van der Waals surface area contributed by atoms with Crippen LogP contribution < -0.4 is 4.74 Å². The van der Waals surface area contributed by atoms with E-state index in [1.54, 1.807) is 12.1 Å². The number of esters is 1. The zero-order valence-corrected chi connectivity index (χ0v) is 10.4. The molecule has 0 bridgehead atoms. The summed E-state index contributed by atoms with van der Waals surface area (Å²) in [5, 5.41) is 22.9. The molecule has 0 saturated carbocycles. The minimum atomic E-state index is -0.512. The maximum absolute atomic E-state index is 10.9. The molecule has 1 aromatic rings. The van der Waals surface area contributed by atoms with E-state index in [0.29, 0.717) is 10.0 Å². The molecule has 0 atom stereocenters. The molecule has 0 fully saturated rings. The van der Waals surface area contributed by atoms with E-state index in [1.165, 1.54) is 13.0 Å². The van der Waals surface area contributed by atoms with Crippen LogP contribution in [0.1, 0.15) is 12.5 Å². The molecule has 0 spiro atoms. The summed E-state index contributed by atoms with van der Waals surface area (Å²) in [7, 11) is 0. The lowest BCUT2D eigenvalue weighted by molar-refractivity contribution is -0.131. The number of hydrogen-bond donors (Lipinski definition) is 2. The van der Waals surface area contributed by atoms with Gasteiger partial charge in [-0.05, 0) is 18.2 Å². The number of carbonyl (C=O) groups is 1. The number of oxime groups is 2. The Morgan fingerprint density at radius 2 is 2.18 bits per heavy atom. The quantitative estimate of drug-likeness (QED) is 0.294. The van der Waals surface area contributed by atoms with E-state index < -0.39 is 5.97 Å². The molecule has 0 saturated heterocycles. The Kier molecular flexibility index (Phi) is 4.65. The van der Waals surface area contributed by atoms with Crippen molar-refractivity contribution in [2.75, 3.05) is 0 Å². The summed E-state index contributed by atoms with van der Waals surface area (Å²) in [5.41, 5.74) is 0.292. The van der Waals surface area contributed by atoms with Gasteiger partial charge >= 0.3 is 5.97 Å². The van der Waals surface area contributed by atoms with Crippen molar-refractivity contribution in [1.82, 2.24) is 0 Å². The summed E-state index contributed by atoms with van der Waals surface area (Å²) in [5.74, 6) is -0.317. The van der Waals surface area contributed by atoms with Crippen LogP contribution >= 0.6 is 15.9 Å². The van der Waals surface area contributed by atoms with Gasteiger partial charge in [0.15, 0.2) is 0 Å². The van der Waals surface area contributed by atoms with E-state index in [-0.39, 0.29) is 11.5 Å². The van der Waals surface area contributed by atoms with Crippen LogP contribution in [0.15, 0.2) is 33.0 Å². The van der Waals surface area contributed by atoms with Gasteiger partial charge in [0.2, 0.25) is 0 Å². The largest absolute Gasteiger partial charge is 0.426 e. The standard InChI is InChI=1S/C10H9BrN2O4/c1-6(14)17-10-4-7(11)2-3-8(10)9(13-16)5-12-15/h2-5,15-16H,1H3/b12-5+,13-9-. The van der Waals surface area contributed by atoms with Crippen molar-refractivity contribution in [3.8, 4) is 5.75 Å². The Hall–Kier alpha value is -1.89. The Morgan fingerprint density at radius 3 is 2.71 bits per heavy atom. The normalized spacial score (nSPS) is 11.8. The third-order valence-corrected chi connectivity index (χ3v) is 2.25. The maximum Gasteiger partial charge on any atom is 0.308 e. The third-order valence-electron chi connectivity index (χ3n) is 1.76. The predicted molar refractivity (Wildman–Crippen MR) is 64.1 cm³/mol. The van der Waals surface area contributed by atoms with Crippen LogP contribution in [0.25, 0.3) is 0 Å². The van der Waals surface area contributed by atoms with Gasteiger partial charge in [0, 0.05) is 17.0 Å². The average Bonchev–Trinajstić information content (AvgIpc) is 2.26. The lowest BCUT2D eigenvalue weighted by Gasteiger charge is -2.07. The SMILES string of the molecule is CC(=O)Oc1cc(Br)ccc1C(/C=N/O)=N\O. The Balaban J connectivity index is 3.26. The first-order chi connectivity index (χ1) is 8.08. The summed E-state index contributed by atoms with van der Waals surface area (Å²) < 4.78 is 5.64. The van der Waals surface area contributed by atoms with Gasteiger partial charge in [-0.25, -0.2) is 0 Å². The van der Waals surface area contributed by atoms with E-state index in [0.717, 1.165) is 6.21 Å². The molecule has 6 nitrogen and oxygen atoms in total. The molecule has 0 aliphatic carbocycles. The highest BCUT2D eigenvalue weighted by molar-refractivity contribution is 9.10. The van der Waals surface area contributed by atoms with Crippen molar-refractivity contribution >= 4 is 33.8 Å². The molecule has 0 radical (unpaired) electrons. The second kappa shape index (κ2) is 6.00. The molecule has 0 aliphatic heterocycles. The van der Waals surface area contributed by atoms with Crippen LogP contribution in [-0.4, -0.2) is 28.3 Å². The van der Waals surface area contributed by atoms with Crippen LogP contribution in [0, 0.1) is 0 Å². The molecule has 90 valence electrons. The topological polar surface area (TPSA) is 91.5 Å². The first kappa shape index (κ1) is 13.2. The van der Waals surface area contributed by atoms with Gasteiger partial charge in [0.25, 0.3) is 0 Å². The Bertz CT molecular complexity index is 485.